The molecule has 0 bridgehead atoms. The molecular weight excluding hydrogens is 386 g/mol. The number of benzene rings is 3. The van der Waals surface area contributed by atoms with E-state index in [-0.39, 0.29) is 0 Å². The Kier molecular flexibility index (Phi) is 4.93. The van der Waals surface area contributed by atoms with E-state index in [2.05, 4.69) is 96.1 Å². The first-order valence-electron chi connectivity index (χ1n) is 12.0. The van der Waals surface area contributed by atoms with Crippen molar-refractivity contribution in [1.29, 1.82) is 0 Å². The zero-order chi connectivity index (χ0) is 22.7. The second-order valence-electron chi connectivity index (χ2n) is 11.7. The van der Waals surface area contributed by atoms with Gasteiger partial charge in [0.05, 0.1) is 5.69 Å². The van der Waals surface area contributed by atoms with Crippen molar-refractivity contribution in [3.63, 3.8) is 0 Å². The average molecular weight is 422 g/mol. The van der Waals surface area contributed by atoms with Crippen molar-refractivity contribution in [2.24, 2.45) is 10.8 Å². The summed E-state index contributed by atoms with van der Waals surface area (Å²) < 4.78 is 0. The molecule has 1 aromatic heterocycles. The SMILES string of the molecule is Cc1cc(C)cc(-c2nccc3c2ccc2c(C4CC(C)(C)CC(C)(C)C4)cccc23)c1. The molecule has 1 heterocycles. The molecule has 0 saturated heterocycles. The van der Waals surface area contributed by atoms with Gasteiger partial charge in [-0.1, -0.05) is 75.2 Å². The number of hydrogen-bond donors (Lipinski definition) is 0. The molecule has 0 aliphatic heterocycles. The molecule has 0 N–H and O–H groups in total. The van der Waals surface area contributed by atoms with Crippen LogP contribution in [0.5, 0.6) is 0 Å². The van der Waals surface area contributed by atoms with Crippen molar-refractivity contribution >= 4 is 21.5 Å². The van der Waals surface area contributed by atoms with Crippen molar-refractivity contribution < 1.29 is 0 Å². The lowest BCUT2D eigenvalue weighted by Gasteiger charge is -2.45. The fourth-order valence-corrected chi connectivity index (χ4v) is 6.81. The van der Waals surface area contributed by atoms with Crippen LogP contribution in [0.25, 0.3) is 32.8 Å². The van der Waals surface area contributed by atoms with Crippen LogP contribution in [0.1, 0.15) is 69.6 Å². The van der Waals surface area contributed by atoms with Gasteiger partial charge in [-0.3, -0.25) is 4.98 Å². The highest BCUT2D eigenvalue weighted by Crippen LogP contribution is 2.52. The molecule has 0 amide bonds. The molecule has 1 heteroatoms. The third-order valence-corrected chi connectivity index (χ3v) is 7.33. The van der Waals surface area contributed by atoms with E-state index in [0.29, 0.717) is 16.7 Å². The van der Waals surface area contributed by atoms with Crippen molar-refractivity contribution in [2.75, 3.05) is 0 Å². The van der Waals surface area contributed by atoms with Crippen molar-refractivity contribution in [1.82, 2.24) is 4.98 Å². The Morgan fingerprint density at radius 2 is 1.34 bits per heavy atom. The molecule has 0 radical (unpaired) electrons. The van der Waals surface area contributed by atoms with E-state index < -0.39 is 0 Å². The number of hydrogen-bond acceptors (Lipinski definition) is 1. The van der Waals surface area contributed by atoms with E-state index in [1.807, 2.05) is 6.20 Å². The van der Waals surface area contributed by atoms with E-state index in [1.165, 1.54) is 63.1 Å². The number of fused-ring (bicyclic) bond motifs is 3. The smallest absolute Gasteiger partial charge is 0.0780 e. The lowest BCUT2D eigenvalue weighted by molar-refractivity contribution is 0.0973. The van der Waals surface area contributed by atoms with Crippen LogP contribution < -0.4 is 0 Å². The number of rotatable bonds is 2. The molecule has 4 aromatic rings. The van der Waals surface area contributed by atoms with E-state index >= 15 is 0 Å². The Morgan fingerprint density at radius 3 is 2.03 bits per heavy atom. The Hall–Kier alpha value is -2.67. The highest BCUT2D eigenvalue weighted by molar-refractivity contribution is 6.12. The van der Waals surface area contributed by atoms with Crippen LogP contribution in [-0.4, -0.2) is 4.98 Å². The predicted octanol–water partition coefficient (Wildman–Crippen LogP) is 8.99. The lowest BCUT2D eigenvalue weighted by atomic mass is 9.60. The third kappa shape index (κ3) is 3.83. The van der Waals surface area contributed by atoms with Gasteiger partial charge >= 0.3 is 0 Å². The first-order valence-corrected chi connectivity index (χ1v) is 12.0. The Morgan fingerprint density at radius 1 is 0.719 bits per heavy atom. The quantitative estimate of drug-likeness (QED) is 0.294. The molecule has 3 aromatic carbocycles. The molecule has 1 fully saturated rings. The summed E-state index contributed by atoms with van der Waals surface area (Å²) in [6.07, 6.45) is 5.80. The summed E-state index contributed by atoms with van der Waals surface area (Å²) in [5, 5.41) is 5.32. The van der Waals surface area contributed by atoms with Crippen molar-refractivity contribution in [3.05, 3.63) is 77.5 Å². The molecule has 0 atom stereocenters. The van der Waals surface area contributed by atoms with E-state index in [1.54, 1.807) is 0 Å². The first-order chi connectivity index (χ1) is 15.1. The maximum atomic E-state index is 4.82. The molecule has 0 spiro atoms. The average Bonchev–Trinajstić information content (AvgIpc) is 2.69. The zero-order valence-corrected chi connectivity index (χ0v) is 20.4. The minimum absolute atomic E-state index is 0.381. The normalized spacial score (nSPS) is 18.3. The van der Waals surface area contributed by atoms with Crippen LogP contribution in [0.15, 0.2) is 60.8 Å². The van der Waals surface area contributed by atoms with Crippen LogP contribution in [0, 0.1) is 24.7 Å². The minimum Gasteiger partial charge on any atom is -0.256 e. The van der Waals surface area contributed by atoms with Gasteiger partial charge in [-0.2, -0.15) is 0 Å². The molecule has 0 unspecified atom stereocenters. The van der Waals surface area contributed by atoms with Crippen LogP contribution in [0.3, 0.4) is 0 Å². The fraction of sp³-hybridized carbons (Fsp3) is 0.387. The van der Waals surface area contributed by atoms with Crippen LogP contribution >= 0.6 is 0 Å². The van der Waals surface area contributed by atoms with Crippen molar-refractivity contribution in [2.45, 2.75) is 66.7 Å². The standard InChI is InChI=1S/C31H35N/c1-20-14-21(2)16-22(15-20)29-28-11-10-26-24(8-7-9-25(26)27(28)12-13-32-29)23-17-30(3,4)19-31(5,6)18-23/h7-16,23H,17-19H2,1-6H3. The molecular formula is C31H35N. The van der Waals surface area contributed by atoms with Crippen LogP contribution in [-0.2, 0) is 0 Å². The third-order valence-electron chi connectivity index (χ3n) is 7.33. The predicted molar refractivity (Wildman–Crippen MR) is 138 cm³/mol. The molecule has 32 heavy (non-hydrogen) atoms. The van der Waals surface area contributed by atoms with Gasteiger partial charge in [0.1, 0.15) is 0 Å². The van der Waals surface area contributed by atoms with Gasteiger partial charge in [0.15, 0.2) is 0 Å². The van der Waals surface area contributed by atoms with E-state index in [0.717, 1.165) is 5.69 Å². The maximum Gasteiger partial charge on any atom is 0.0780 e. The number of pyridine rings is 1. The zero-order valence-electron chi connectivity index (χ0n) is 20.4. The summed E-state index contributed by atoms with van der Waals surface area (Å²) in [5.41, 5.74) is 7.14. The van der Waals surface area contributed by atoms with Crippen LogP contribution in [0.4, 0.5) is 0 Å². The summed E-state index contributed by atoms with van der Waals surface area (Å²) >= 11 is 0. The minimum atomic E-state index is 0.381. The first kappa shape index (κ1) is 21.2. The second-order valence-corrected chi connectivity index (χ2v) is 11.7. The number of aryl methyl sites for hydroxylation is 2. The monoisotopic (exact) mass is 421 g/mol. The summed E-state index contributed by atoms with van der Waals surface area (Å²) in [6.45, 7) is 14.1. The maximum absolute atomic E-state index is 4.82. The van der Waals surface area contributed by atoms with Crippen molar-refractivity contribution in [3.8, 4) is 11.3 Å². The van der Waals surface area contributed by atoms with Crippen LogP contribution in [0.2, 0.25) is 0 Å². The molecule has 1 saturated carbocycles. The van der Waals surface area contributed by atoms with Gasteiger partial charge in [-0.25, -0.2) is 0 Å². The Balaban J connectivity index is 1.69. The summed E-state index contributed by atoms with van der Waals surface area (Å²) in [7, 11) is 0. The van der Waals surface area contributed by atoms with Gasteiger partial charge in [0, 0.05) is 17.1 Å². The topological polar surface area (TPSA) is 12.9 Å². The van der Waals surface area contributed by atoms with E-state index in [9.17, 15) is 0 Å². The Bertz CT molecular complexity index is 1290. The second kappa shape index (κ2) is 7.44. The Labute approximate surface area is 192 Å². The van der Waals surface area contributed by atoms with Gasteiger partial charge in [0.2, 0.25) is 0 Å². The summed E-state index contributed by atoms with van der Waals surface area (Å²) in [5.74, 6) is 0.607. The molecule has 1 nitrogen and oxygen atoms in total. The molecule has 1 aliphatic carbocycles. The number of aromatic nitrogens is 1. The largest absolute Gasteiger partial charge is 0.256 e. The molecule has 5 rings (SSSR count). The van der Waals surface area contributed by atoms with E-state index in [4.69, 9.17) is 4.98 Å². The van der Waals surface area contributed by atoms with Gasteiger partial charge in [0.25, 0.3) is 0 Å². The summed E-state index contributed by atoms with van der Waals surface area (Å²) in [6, 6.07) is 20.5. The number of nitrogens with zero attached hydrogens (tertiary/aromatic N) is 1. The fourth-order valence-electron chi connectivity index (χ4n) is 6.81. The molecule has 164 valence electrons. The highest BCUT2D eigenvalue weighted by Gasteiger charge is 2.39. The van der Waals surface area contributed by atoms with Gasteiger partial charge < -0.3 is 0 Å². The summed E-state index contributed by atoms with van der Waals surface area (Å²) in [4.78, 5) is 4.82. The molecule has 1 aliphatic rings. The lowest BCUT2D eigenvalue weighted by Crippen LogP contribution is -2.32. The highest BCUT2D eigenvalue weighted by atomic mass is 14.7. The van der Waals surface area contributed by atoms with Gasteiger partial charge in [-0.05, 0) is 89.8 Å². The van der Waals surface area contributed by atoms with Gasteiger partial charge in [-0.15, -0.1) is 0 Å².